The monoisotopic (exact) mass is 338 g/mol. The molecule has 0 saturated carbocycles. The molecule has 5 heteroatoms. The van der Waals surface area contributed by atoms with Crippen LogP contribution in [0.25, 0.3) is 0 Å². The summed E-state index contributed by atoms with van der Waals surface area (Å²) in [5.74, 6) is 0.520. The molecule has 25 heavy (non-hydrogen) atoms. The van der Waals surface area contributed by atoms with E-state index < -0.39 is 0 Å². The smallest absolute Gasteiger partial charge is 0.315 e. The lowest BCUT2D eigenvalue weighted by molar-refractivity contribution is 0.238. The Balaban J connectivity index is 1.35. The van der Waals surface area contributed by atoms with Gasteiger partial charge in [-0.3, -0.25) is 9.88 Å². The van der Waals surface area contributed by atoms with Crippen LogP contribution in [0.15, 0.2) is 48.8 Å². The summed E-state index contributed by atoms with van der Waals surface area (Å²) in [6.45, 7) is 6.42. The van der Waals surface area contributed by atoms with Gasteiger partial charge in [-0.05, 0) is 49.1 Å². The van der Waals surface area contributed by atoms with E-state index in [-0.39, 0.29) is 6.03 Å². The quantitative estimate of drug-likeness (QED) is 0.851. The molecule has 1 unspecified atom stereocenters. The number of aryl methyl sites for hydroxylation is 1. The molecule has 2 aromatic rings. The van der Waals surface area contributed by atoms with E-state index in [9.17, 15) is 4.79 Å². The van der Waals surface area contributed by atoms with Gasteiger partial charge in [-0.2, -0.15) is 0 Å². The molecule has 1 aromatic heterocycles. The van der Waals surface area contributed by atoms with Gasteiger partial charge >= 0.3 is 6.03 Å². The molecule has 2 amide bonds. The summed E-state index contributed by atoms with van der Waals surface area (Å²) in [7, 11) is 0. The Morgan fingerprint density at radius 2 is 2.04 bits per heavy atom. The number of likely N-dealkylation sites (tertiary alicyclic amines) is 1. The number of hydrogen-bond acceptors (Lipinski definition) is 3. The SMILES string of the molecule is Cc1cccc(CNC(=O)NCC2CCN(Cc3ccncc3)C2)c1. The zero-order valence-corrected chi connectivity index (χ0v) is 14.7. The average Bonchev–Trinajstić information content (AvgIpc) is 3.06. The topological polar surface area (TPSA) is 57.3 Å². The van der Waals surface area contributed by atoms with Gasteiger partial charge in [0.25, 0.3) is 0 Å². The van der Waals surface area contributed by atoms with Crippen LogP contribution in [0.4, 0.5) is 4.79 Å². The number of carbonyl (C=O) groups is 1. The number of nitrogens with zero attached hydrogens (tertiary/aromatic N) is 2. The van der Waals surface area contributed by atoms with E-state index in [2.05, 4.69) is 51.7 Å². The molecule has 0 spiro atoms. The van der Waals surface area contributed by atoms with Crippen LogP contribution in [0.5, 0.6) is 0 Å². The first-order valence-corrected chi connectivity index (χ1v) is 8.87. The van der Waals surface area contributed by atoms with Crippen molar-refractivity contribution in [2.75, 3.05) is 19.6 Å². The van der Waals surface area contributed by atoms with Crippen LogP contribution in [0, 0.1) is 12.8 Å². The predicted molar refractivity (Wildman–Crippen MR) is 99.0 cm³/mol. The standard InChI is InChI=1S/C20H26N4O/c1-16-3-2-4-18(11-16)12-22-20(25)23-13-19-7-10-24(15-19)14-17-5-8-21-9-6-17/h2-6,8-9,11,19H,7,10,12-15H2,1H3,(H2,22,23,25). The van der Waals surface area contributed by atoms with Gasteiger partial charge in [0.2, 0.25) is 0 Å². The number of carbonyl (C=O) groups excluding carboxylic acids is 1. The van der Waals surface area contributed by atoms with Crippen molar-refractivity contribution in [1.29, 1.82) is 0 Å². The van der Waals surface area contributed by atoms with Crippen LogP contribution in [-0.4, -0.2) is 35.5 Å². The molecule has 1 aromatic carbocycles. The van der Waals surface area contributed by atoms with Crippen molar-refractivity contribution in [3.63, 3.8) is 0 Å². The van der Waals surface area contributed by atoms with E-state index >= 15 is 0 Å². The highest BCUT2D eigenvalue weighted by Crippen LogP contribution is 2.17. The summed E-state index contributed by atoms with van der Waals surface area (Å²) in [6, 6.07) is 12.2. The predicted octanol–water partition coefficient (Wildman–Crippen LogP) is 2.71. The Hall–Kier alpha value is -2.40. The third-order valence-electron chi connectivity index (χ3n) is 4.61. The fraction of sp³-hybridized carbons (Fsp3) is 0.400. The number of hydrogen-bond donors (Lipinski definition) is 2. The van der Waals surface area contributed by atoms with Gasteiger partial charge in [0.15, 0.2) is 0 Å². The summed E-state index contributed by atoms with van der Waals surface area (Å²) < 4.78 is 0. The zero-order chi connectivity index (χ0) is 17.5. The first kappa shape index (κ1) is 17.4. The minimum absolute atomic E-state index is 0.0888. The Morgan fingerprint density at radius 3 is 2.84 bits per heavy atom. The van der Waals surface area contributed by atoms with Crippen molar-refractivity contribution < 1.29 is 4.79 Å². The van der Waals surface area contributed by atoms with Crippen molar-refractivity contribution in [3.05, 3.63) is 65.5 Å². The van der Waals surface area contributed by atoms with E-state index in [1.54, 1.807) is 0 Å². The molecule has 0 radical (unpaired) electrons. The van der Waals surface area contributed by atoms with Gasteiger partial charge in [0.1, 0.15) is 0 Å². The highest BCUT2D eigenvalue weighted by atomic mass is 16.2. The molecule has 3 rings (SSSR count). The third-order valence-corrected chi connectivity index (χ3v) is 4.61. The molecule has 0 aliphatic carbocycles. The third kappa shape index (κ3) is 5.57. The van der Waals surface area contributed by atoms with Crippen LogP contribution in [0.3, 0.4) is 0 Å². The van der Waals surface area contributed by atoms with Crippen molar-refractivity contribution in [2.24, 2.45) is 5.92 Å². The minimum Gasteiger partial charge on any atom is -0.338 e. The molecule has 2 heterocycles. The number of aromatic nitrogens is 1. The summed E-state index contributed by atoms with van der Waals surface area (Å²) in [5, 5.41) is 5.94. The van der Waals surface area contributed by atoms with Gasteiger partial charge in [0.05, 0.1) is 0 Å². The maximum absolute atomic E-state index is 12.0. The number of nitrogens with one attached hydrogen (secondary N) is 2. The van der Waals surface area contributed by atoms with E-state index in [0.29, 0.717) is 12.5 Å². The lowest BCUT2D eigenvalue weighted by atomic mass is 10.1. The van der Waals surface area contributed by atoms with E-state index in [1.807, 2.05) is 24.5 Å². The van der Waals surface area contributed by atoms with Gasteiger partial charge in [0, 0.05) is 38.6 Å². The van der Waals surface area contributed by atoms with Crippen molar-refractivity contribution in [2.45, 2.75) is 26.4 Å². The fourth-order valence-electron chi connectivity index (χ4n) is 3.27. The Kier molecular flexibility index (Phi) is 6.01. The highest BCUT2D eigenvalue weighted by molar-refractivity contribution is 5.73. The van der Waals surface area contributed by atoms with E-state index in [0.717, 1.165) is 38.2 Å². The number of benzene rings is 1. The molecule has 1 atom stereocenters. The molecule has 2 N–H and O–H groups in total. The van der Waals surface area contributed by atoms with Crippen LogP contribution in [0.2, 0.25) is 0 Å². The minimum atomic E-state index is -0.0888. The van der Waals surface area contributed by atoms with Crippen LogP contribution in [-0.2, 0) is 13.1 Å². The molecular weight excluding hydrogens is 312 g/mol. The van der Waals surface area contributed by atoms with Gasteiger partial charge in [-0.25, -0.2) is 4.79 Å². The van der Waals surface area contributed by atoms with Crippen molar-refractivity contribution in [1.82, 2.24) is 20.5 Å². The number of pyridine rings is 1. The van der Waals surface area contributed by atoms with Crippen molar-refractivity contribution in [3.8, 4) is 0 Å². The summed E-state index contributed by atoms with van der Waals surface area (Å²) in [5.41, 5.74) is 3.62. The maximum atomic E-state index is 12.0. The maximum Gasteiger partial charge on any atom is 0.315 e. The molecule has 132 valence electrons. The first-order chi connectivity index (χ1) is 12.2. The fourth-order valence-corrected chi connectivity index (χ4v) is 3.27. The van der Waals surface area contributed by atoms with Gasteiger partial charge in [-0.15, -0.1) is 0 Å². The molecule has 1 aliphatic rings. The van der Waals surface area contributed by atoms with Crippen LogP contribution >= 0.6 is 0 Å². The Bertz CT molecular complexity index is 689. The summed E-state index contributed by atoms with van der Waals surface area (Å²) in [6.07, 6.45) is 4.80. The lowest BCUT2D eigenvalue weighted by Crippen LogP contribution is -2.38. The van der Waals surface area contributed by atoms with Crippen LogP contribution < -0.4 is 10.6 Å². The lowest BCUT2D eigenvalue weighted by Gasteiger charge is -2.16. The highest BCUT2D eigenvalue weighted by Gasteiger charge is 2.22. The Morgan fingerprint density at radius 1 is 1.20 bits per heavy atom. The number of amides is 2. The van der Waals surface area contributed by atoms with E-state index in [4.69, 9.17) is 0 Å². The zero-order valence-electron chi connectivity index (χ0n) is 14.7. The number of rotatable bonds is 6. The van der Waals surface area contributed by atoms with Gasteiger partial charge in [-0.1, -0.05) is 29.8 Å². The first-order valence-electron chi connectivity index (χ1n) is 8.87. The molecule has 1 saturated heterocycles. The molecule has 0 bridgehead atoms. The second kappa shape index (κ2) is 8.62. The Labute approximate surface area is 149 Å². The summed E-state index contributed by atoms with van der Waals surface area (Å²) >= 11 is 0. The van der Waals surface area contributed by atoms with E-state index in [1.165, 1.54) is 11.1 Å². The number of urea groups is 1. The second-order valence-corrected chi connectivity index (χ2v) is 6.80. The molecule has 1 fully saturated rings. The molecular formula is C20H26N4O. The largest absolute Gasteiger partial charge is 0.338 e. The summed E-state index contributed by atoms with van der Waals surface area (Å²) in [4.78, 5) is 18.5. The average molecular weight is 338 g/mol. The normalized spacial score (nSPS) is 17.4. The molecule has 1 aliphatic heterocycles. The van der Waals surface area contributed by atoms with Gasteiger partial charge < -0.3 is 10.6 Å². The molecule has 5 nitrogen and oxygen atoms in total. The van der Waals surface area contributed by atoms with Crippen LogP contribution in [0.1, 0.15) is 23.1 Å². The second-order valence-electron chi connectivity index (χ2n) is 6.80. The van der Waals surface area contributed by atoms with Crippen molar-refractivity contribution >= 4 is 6.03 Å².